The van der Waals surface area contributed by atoms with Gasteiger partial charge >= 0.3 is 0 Å². The van der Waals surface area contributed by atoms with Gasteiger partial charge in [-0.3, -0.25) is 9.78 Å². The van der Waals surface area contributed by atoms with Gasteiger partial charge in [0, 0.05) is 41.7 Å². The summed E-state index contributed by atoms with van der Waals surface area (Å²) >= 11 is 13.4. The predicted molar refractivity (Wildman–Crippen MR) is 179 cm³/mol. The first-order chi connectivity index (χ1) is 22.2. The molecule has 0 amide bonds. The number of hydrogen-bond donors (Lipinski definition) is 0. The number of halogens is 3. The number of nitrogens with zero attached hydrogens (tertiary/aromatic N) is 3. The van der Waals surface area contributed by atoms with Crippen LogP contribution in [-0.2, 0) is 19.8 Å². The molecule has 0 saturated carbocycles. The SMILES string of the molecule is Cc1c(COc2cc(OCc3cncc(C#N)c3)c(C=O)cc2Cl)cccc1-c1c(F)ccc(-c2ccc(CN(C)C)cc2)c1Cl. The summed E-state index contributed by atoms with van der Waals surface area (Å²) in [4.78, 5) is 17.9. The van der Waals surface area contributed by atoms with Gasteiger partial charge in [0.05, 0.1) is 21.2 Å². The van der Waals surface area contributed by atoms with E-state index in [-0.39, 0.29) is 29.5 Å². The summed E-state index contributed by atoms with van der Waals surface area (Å²) in [5, 5.41) is 9.69. The average Bonchev–Trinajstić information content (AvgIpc) is 3.05. The van der Waals surface area contributed by atoms with Crippen LogP contribution in [0.3, 0.4) is 0 Å². The quantitative estimate of drug-likeness (QED) is 0.132. The van der Waals surface area contributed by atoms with E-state index in [0.29, 0.717) is 39.3 Å². The number of pyridine rings is 1. The van der Waals surface area contributed by atoms with Crippen molar-refractivity contribution < 1.29 is 18.7 Å². The summed E-state index contributed by atoms with van der Waals surface area (Å²) < 4.78 is 27.4. The van der Waals surface area contributed by atoms with Crippen LogP contribution < -0.4 is 9.47 Å². The van der Waals surface area contributed by atoms with Crippen molar-refractivity contribution in [2.45, 2.75) is 26.7 Å². The fourth-order valence-corrected chi connectivity index (χ4v) is 5.70. The molecule has 0 N–H and O–H groups in total. The lowest BCUT2D eigenvalue weighted by molar-refractivity contribution is 0.111. The van der Waals surface area contributed by atoms with Crippen molar-refractivity contribution in [3.05, 3.63) is 134 Å². The first kappa shape index (κ1) is 32.6. The summed E-state index contributed by atoms with van der Waals surface area (Å²) in [7, 11) is 4.03. The molecular formula is C37H30Cl2FN3O3. The number of ether oxygens (including phenoxy) is 2. The van der Waals surface area contributed by atoms with E-state index in [4.69, 9.17) is 37.9 Å². The Morgan fingerprint density at radius 2 is 1.67 bits per heavy atom. The van der Waals surface area contributed by atoms with Crippen molar-refractivity contribution in [2.75, 3.05) is 14.1 Å². The molecule has 0 radical (unpaired) electrons. The molecule has 0 spiro atoms. The highest BCUT2D eigenvalue weighted by molar-refractivity contribution is 6.36. The Bertz CT molecular complexity index is 1940. The Hall–Kier alpha value is -4.74. The molecule has 9 heteroatoms. The lowest BCUT2D eigenvalue weighted by Crippen LogP contribution is -2.10. The molecule has 0 aliphatic rings. The molecule has 0 bridgehead atoms. The van der Waals surface area contributed by atoms with Crippen LogP contribution in [0.5, 0.6) is 11.5 Å². The fourth-order valence-electron chi connectivity index (χ4n) is 5.11. The second-order valence-corrected chi connectivity index (χ2v) is 11.8. The number of hydrogen-bond acceptors (Lipinski definition) is 6. The minimum absolute atomic E-state index is 0.0806. The van der Waals surface area contributed by atoms with Crippen LogP contribution in [-0.4, -0.2) is 30.3 Å². The first-order valence-electron chi connectivity index (χ1n) is 14.4. The van der Waals surface area contributed by atoms with Gasteiger partial charge in [-0.15, -0.1) is 0 Å². The van der Waals surface area contributed by atoms with Crippen LogP contribution in [0.25, 0.3) is 22.3 Å². The molecule has 1 aromatic heterocycles. The molecule has 5 rings (SSSR count). The Morgan fingerprint density at radius 3 is 2.39 bits per heavy atom. The Kier molecular flexibility index (Phi) is 10.3. The van der Waals surface area contributed by atoms with Gasteiger partial charge in [-0.05, 0) is 73.1 Å². The molecule has 1 heterocycles. The minimum atomic E-state index is -0.427. The number of aldehydes is 1. The van der Waals surface area contributed by atoms with Gasteiger partial charge in [-0.25, -0.2) is 4.39 Å². The maximum Gasteiger partial charge on any atom is 0.153 e. The van der Waals surface area contributed by atoms with E-state index < -0.39 is 5.82 Å². The third-order valence-corrected chi connectivity index (χ3v) is 8.15. The summed E-state index contributed by atoms with van der Waals surface area (Å²) in [6, 6.07) is 23.5. The van der Waals surface area contributed by atoms with Crippen molar-refractivity contribution in [1.82, 2.24) is 9.88 Å². The second kappa shape index (κ2) is 14.6. The summed E-state index contributed by atoms with van der Waals surface area (Å²) in [5.74, 6) is 0.145. The van der Waals surface area contributed by atoms with E-state index in [1.807, 2.05) is 69.6 Å². The van der Waals surface area contributed by atoms with Crippen LogP contribution in [0.4, 0.5) is 4.39 Å². The highest BCUT2D eigenvalue weighted by Gasteiger charge is 2.19. The van der Waals surface area contributed by atoms with Crippen molar-refractivity contribution in [1.29, 1.82) is 5.26 Å². The molecular weight excluding hydrogens is 624 g/mol. The van der Waals surface area contributed by atoms with E-state index >= 15 is 4.39 Å². The van der Waals surface area contributed by atoms with Gasteiger partial charge in [0.2, 0.25) is 0 Å². The monoisotopic (exact) mass is 653 g/mol. The number of aromatic nitrogens is 1. The predicted octanol–water partition coefficient (Wildman–Crippen LogP) is 9.07. The molecule has 46 heavy (non-hydrogen) atoms. The zero-order chi connectivity index (χ0) is 32.8. The molecule has 0 aliphatic carbocycles. The number of carbonyl (C=O) groups excluding carboxylic acids is 1. The molecule has 0 fully saturated rings. The van der Waals surface area contributed by atoms with Gasteiger partial charge < -0.3 is 14.4 Å². The topological polar surface area (TPSA) is 75.5 Å². The molecule has 0 atom stereocenters. The largest absolute Gasteiger partial charge is 0.488 e. The molecule has 0 saturated heterocycles. The molecule has 0 aliphatic heterocycles. The van der Waals surface area contributed by atoms with E-state index in [1.165, 1.54) is 18.3 Å². The minimum Gasteiger partial charge on any atom is -0.488 e. The summed E-state index contributed by atoms with van der Waals surface area (Å²) in [6.07, 6.45) is 3.68. The first-order valence-corrected chi connectivity index (χ1v) is 15.1. The van der Waals surface area contributed by atoms with Gasteiger partial charge in [0.15, 0.2) is 6.29 Å². The van der Waals surface area contributed by atoms with Crippen LogP contribution in [0.1, 0.15) is 38.2 Å². The molecule has 5 aromatic rings. The van der Waals surface area contributed by atoms with Gasteiger partial charge in [-0.1, -0.05) is 65.7 Å². The molecule has 232 valence electrons. The second-order valence-electron chi connectivity index (χ2n) is 11.0. The normalized spacial score (nSPS) is 10.9. The molecule has 0 unspecified atom stereocenters. The maximum absolute atomic E-state index is 15.4. The average molecular weight is 655 g/mol. The zero-order valence-electron chi connectivity index (χ0n) is 25.5. The number of carbonyl (C=O) groups is 1. The van der Waals surface area contributed by atoms with E-state index in [0.717, 1.165) is 34.4 Å². The van der Waals surface area contributed by atoms with Crippen LogP contribution in [0.2, 0.25) is 10.0 Å². The third-order valence-electron chi connectivity index (χ3n) is 7.46. The number of rotatable bonds is 11. The lowest BCUT2D eigenvalue weighted by atomic mass is 9.93. The summed E-state index contributed by atoms with van der Waals surface area (Å²) in [6.45, 7) is 2.89. The van der Waals surface area contributed by atoms with Crippen molar-refractivity contribution in [3.8, 4) is 39.8 Å². The summed E-state index contributed by atoms with van der Waals surface area (Å²) in [5.41, 5.74) is 6.66. The third kappa shape index (κ3) is 7.38. The molecule has 4 aromatic carbocycles. The fraction of sp³-hybridized carbons (Fsp3) is 0.162. The smallest absolute Gasteiger partial charge is 0.153 e. The zero-order valence-corrected chi connectivity index (χ0v) is 27.0. The van der Waals surface area contributed by atoms with E-state index in [2.05, 4.69) is 9.88 Å². The number of nitriles is 1. The Labute approximate surface area is 277 Å². The highest BCUT2D eigenvalue weighted by atomic mass is 35.5. The van der Waals surface area contributed by atoms with Crippen molar-refractivity contribution in [2.24, 2.45) is 0 Å². The van der Waals surface area contributed by atoms with Crippen molar-refractivity contribution in [3.63, 3.8) is 0 Å². The van der Waals surface area contributed by atoms with Crippen LogP contribution >= 0.6 is 23.2 Å². The van der Waals surface area contributed by atoms with Crippen LogP contribution in [0.15, 0.2) is 85.2 Å². The van der Waals surface area contributed by atoms with Crippen molar-refractivity contribution >= 4 is 29.5 Å². The lowest BCUT2D eigenvalue weighted by Gasteiger charge is -2.17. The Morgan fingerprint density at radius 1 is 0.913 bits per heavy atom. The molecule has 6 nitrogen and oxygen atoms in total. The van der Waals surface area contributed by atoms with Gasteiger partial charge in [0.1, 0.15) is 36.6 Å². The van der Waals surface area contributed by atoms with E-state index in [9.17, 15) is 4.79 Å². The van der Waals surface area contributed by atoms with Gasteiger partial charge in [-0.2, -0.15) is 5.26 Å². The Balaban J connectivity index is 1.39. The van der Waals surface area contributed by atoms with Crippen LogP contribution in [0, 0.1) is 24.1 Å². The highest BCUT2D eigenvalue weighted by Crippen LogP contribution is 2.41. The number of benzene rings is 4. The van der Waals surface area contributed by atoms with Gasteiger partial charge in [0.25, 0.3) is 0 Å². The van der Waals surface area contributed by atoms with E-state index in [1.54, 1.807) is 24.4 Å². The maximum atomic E-state index is 15.4. The standard InChI is InChI=1S/C37H30Cl2FN3O3/c1-23-28(22-46-35-15-34(29(20-44)14-32(35)38)45-21-26-13-25(16-41)17-42-18-26)5-4-6-30(23)36-33(40)12-11-31(37(36)39)27-9-7-24(8-10-27)19-43(2)3/h4-15,17-18,20H,19,21-22H2,1-3H3.